The lowest BCUT2D eigenvalue weighted by Crippen LogP contribution is -2.58. The number of carbonyl (C=O) groups excluding carboxylic acids is 1. The first-order chi connectivity index (χ1) is 11.2. The largest absolute Gasteiger partial charge is 0.351 e. The zero-order valence-electron chi connectivity index (χ0n) is 13.2. The van der Waals surface area contributed by atoms with Crippen molar-refractivity contribution in [2.24, 2.45) is 16.9 Å². The van der Waals surface area contributed by atoms with E-state index in [0.29, 0.717) is 18.5 Å². The first-order valence-corrected chi connectivity index (χ1v) is 8.98. The quantitative estimate of drug-likeness (QED) is 0.797. The van der Waals surface area contributed by atoms with Gasteiger partial charge in [-0.05, 0) is 37.9 Å². The van der Waals surface area contributed by atoms with Crippen LogP contribution in [-0.4, -0.2) is 59.6 Å². The summed E-state index contributed by atoms with van der Waals surface area (Å²) in [7, 11) is 0. The molecule has 0 aromatic carbocycles. The molecule has 5 rings (SSSR count). The van der Waals surface area contributed by atoms with Crippen molar-refractivity contribution in [2.75, 3.05) is 26.2 Å². The Hall–Kier alpha value is -1.33. The van der Waals surface area contributed by atoms with Crippen LogP contribution in [0.2, 0.25) is 0 Å². The molecule has 3 atom stereocenters. The third-order valence-electron chi connectivity index (χ3n) is 5.42. The molecule has 4 aliphatic heterocycles. The molecule has 0 radical (unpaired) electrons. The van der Waals surface area contributed by atoms with Crippen molar-refractivity contribution in [1.82, 2.24) is 15.2 Å². The molecule has 0 unspecified atom stereocenters. The molecule has 5 aliphatic rings. The molecule has 0 aromatic heterocycles. The van der Waals surface area contributed by atoms with Crippen LogP contribution < -0.4 is 5.32 Å². The number of hydrogen-bond donors (Lipinski definition) is 1. The minimum atomic E-state index is -0.161. The molecular weight excluding hydrogens is 312 g/mol. The predicted octanol–water partition coefficient (Wildman–Crippen LogP) is 1.57. The van der Waals surface area contributed by atoms with Gasteiger partial charge in [-0.2, -0.15) is 5.10 Å². The van der Waals surface area contributed by atoms with Crippen molar-refractivity contribution in [3.8, 4) is 0 Å². The fourth-order valence-electron chi connectivity index (χ4n) is 4.02. The van der Waals surface area contributed by atoms with Crippen LogP contribution >= 0.6 is 11.6 Å². The minimum Gasteiger partial charge on any atom is -0.351 e. The number of hydrogen-bond acceptors (Lipinski definition) is 4. The Bertz CT molecular complexity index is 565. The topological polar surface area (TPSA) is 47.9 Å². The number of rotatable bonds is 3. The van der Waals surface area contributed by atoms with Gasteiger partial charge in [-0.15, -0.1) is 11.6 Å². The normalized spacial score (nSPS) is 38.7. The van der Waals surface area contributed by atoms with Crippen LogP contribution in [0.4, 0.5) is 0 Å². The summed E-state index contributed by atoms with van der Waals surface area (Å²) in [5.74, 6) is 0.608. The average molecular weight is 335 g/mol. The van der Waals surface area contributed by atoms with E-state index in [0.717, 1.165) is 18.7 Å². The van der Waals surface area contributed by atoms with Gasteiger partial charge in [0.05, 0.1) is 17.8 Å². The SMILES string of the molecule is O=C(N[C@H]1CN2CCC1CC2)[C@@H]1C=NN(C2=CC=C[C@H](Cl)C2)C1. The summed E-state index contributed by atoms with van der Waals surface area (Å²) in [4.78, 5) is 15.0. The Morgan fingerprint density at radius 3 is 2.83 bits per heavy atom. The average Bonchev–Trinajstić information content (AvgIpc) is 3.06. The lowest BCUT2D eigenvalue weighted by molar-refractivity contribution is -0.125. The molecule has 2 bridgehead atoms. The van der Waals surface area contributed by atoms with E-state index in [2.05, 4.69) is 15.3 Å². The van der Waals surface area contributed by atoms with E-state index < -0.39 is 0 Å². The fraction of sp³-hybridized carbons (Fsp3) is 0.647. The maximum atomic E-state index is 12.6. The number of carbonyl (C=O) groups is 1. The monoisotopic (exact) mass is 334 g/mol. The van der Waals surface area contributed by atoms with Gasteiger partial charge in [0.2, 0.25) is 5.91 Å². The van der Waals surface area contributed by atoms with Crippen molar-refractivity contribution in [3.63, 3.8) is 0 Å². The highest BCUT2D eigenvalue weighted by atomic mass is 35.5. The number of halogens is 1. The van der Waals surface area contributed by atoms with Crippen molar-refractivity contribution >= 4 is 23.7 Å². The van der Waals surface area contributed by atoms with E-state index in [1.54, 1.807) is 6.21 Å². The van der Waals surface area contributed by atoms with E-state index in [4.69, 9.17) is 11.6 Å². The van der Waals surface area contributed by atoms with Crippen molar-refractivity contribution in [3.05, 3.63) is 23.9 Å². The lowest BCUT2D eigenvalue weighted by atomic mass is 9.84. The summed E-state index contributed by atoms with van der Waals surface area (Å²) in [6.45, 7) is 4.01. The van der Waals surface area contributed by atoms with Crippen LogP contribution in [-0.2, 0) is 4.79 Å². The van der Waals surface area contributed by atoms with Crippen molar-refractivity contribution < 1.29 is 4.79 Å². The number of fused-ring (bicyclic) bond motifs is 3. The fourth-order valence-corrected chi connectivity index (χ4v) is 4.26. The molecule has 6 heteroatoms. The molecule has 4 heterocycles. The Morgan fingerprint density at radius 2 is 2.13 bits per heavy atom. The Kier molecular flexibility index (Phi) is 4.16. The number of allylic oxidation sites excluding steroid dienone is 4. The van der Waals surface area contributed by atoms with Gasteiger partial charge in [0.25, 0.3) is 0 Å². The Balaban J connectivity index is 1.33. The van der Waals surface area contributed by atoms with Gasteiger partial charge in [0, 0.05) is 30.9 Å². The van der Waals surface area contributed by atoms with E-state index in [9.17, 15) is 4.79 Å². The van der Waals surface area contributed by atoms with Gasteiger partial charge in [-0.25, -0.2) is 0 Å². The second-order valence-corrected chi connectivity index (χ2v) is 7.53. The summed E-state index contributed by atoms with van der Waals surface area (Å²) in [6.07, 6.45) is 10.9. The lowest BCUT2D eigenvalue weighted by Gasteiger charge is -2.45. The standard InChI is InChI=1S/C17H23ClN4O/c18-14-2-1-3-15(8-14)22-10-13(9-19-22)17(23)20-16-11-21-6-4-12(16)5-7-21/h1-3,9,12-14,16H,4-8,10-11H2,(H,20,23)/t13-,14+,16+/m1/s1. The van der Waals surface area contributed by atoms with Gasteiger partial charge >= 0.3 is 0 Å². The number of nitrogens with one attached hydrogen (secondary N) is 1. The number of alkyl halides is 1. The molecule has 0 aromatic rings. The van der Waals surface area contributed by atoms with Gasteiger partial charge in [0.1, 0.15) is 0 Å². The predicted molar refractivity (Wildman–Crippen MR) is 91.3 cm³/mol. The van der Waals surface area contributed by atoms with Crippen LogP contribution in [0.15, 0.2) is 29.0 Å². The van der Waals surface area contributed by atoms with Crippen LogP contribution in [0, 0.1) is 11.8 Å². The number of piperidine rings is 3. The zero-order chi connectivity index (χ0) is 15.8. The maximum Gasteiger partial charge on any atom is 0.230 e. The molecule has 0 spiro atoms. The first-order valence-electron chi connectivity index (χ1n) is 8.55. The maximum absolute atomic E-state index is 12.6. The second-order valence-electron chi connectivity index (χ2n) is 6.97. The molecule has 1 N–H and O–H groups in total. The van der Waals surface area contributed by atoms with E-state index in [1.807, 2.05) is 23.2 Å². The molecule has 3 saturated heterocycles. The van der Waals surface area contributed by atoms with E-state index in [-0.39, 0.29) is 17.2 Å². The highest BCUT2D eigenvalue weighted by molar-refractivity contribution is 6.22. The van der Waals surface area contributed by atoms with Crippen molar-refractivity contribution in [2.45, 2.75) is 30.7 Å². The summed E-state index contributed by atoms with van der Waals surface area (Å²) < 4.78 is 0. The summed E-state index contributed by atoms with van der Waals surface area (Å²) in [5.41, 5.74) is 1.09. The molecule has 1 aliphatic carbocycles. The van der Waals surface area contributed by atoms with Crippen LogP contribution in [0.1, 0.15) is 19.3 Å². The highest BCUT2D eigenvalue weighted by Gasteiger charge is 2.36. The molecule has 1 amide bonds. The van der Waals surface area contributed by atoms with E-state index >= 15 is 0 Å². The molecule has 5 nitrogen and oxygen atoms in total. The summed E-state index contributed by atoms with van der Waals surface area (Å²) in [5, 5.41) is 9.61. The second kappa shape index (κ2) is 6.29. The first kappa shape index (κ1) is 15.2. The minimum absolute atomic E-state index is 0.0184. The van der Waals surface area contributed by atoms with Crippen LogP contribution in [0.25, 0.3) is 0 Å². The van der Waals surface area contributed by atoms with Crippen molar-refractivity contribution in [1.29, 1.82) is 0 Å². The van der Waals surface area contributed by atoms with Crippen LogP contribution in [0.3, 0.4) is 0 Å². The van der Waals surface area contributed by atoms with Crippen LogP contribution in [0.5, 0.6) is 0 Å². The number of nitrogens with zero attached hydrogens (tertiary/aromatic N) is 3. The number of amides is 1. The number of hydrazone groups is 1. The molecule has 23 heavy (non-hydrogen) atoms. The summed E-state index contributed by atoms with van der Waals surface area (Å²) in [6, 6.07) is 0.316. The molecule has 3 fully saturated rings. The van der Waals surface area contributed by atoms with Gasteiger partial charge in [-0.1, -0.05) is 12.2 Å². The smallest absolute Gasteiger partial charge is 0.230 e. The molecule has 124 valence electrons. The Labute approximate surface area is 142 Å². The van der Waals surface area contributed by atoms with Gasteiger partial charge in [-0.3, -0.25) is 9.80 Å². The summed E-state index contributed by atoms with van der Waals surface area (Å²) >= 11 is 6.16. The molecular formula is C17H23ClN4O. The zero-order valence-corrected chi connectivity index (χ0v) is 14.0. The third-order valence-corrected chi connectivity index (χ3v) is 5.72. The van der Waals surface area contributed by atoms with E-state index in [1.165, 1.54) is 25.9 Å². The third kappa shape index (κ3) is 3.17. The molecule has 0 saturated carbocycles. The highest BCUT2D eigenvalue weighted by Crippen LogP contribution is 2.28. The Morgan fingerprint density at radius 1 is 1.30 bits per heavy atom. The van der Waals surface area contributed by atoms with Gasteiger partial charge < -0.3 is 10.2 Å². The van der Waals surface area contributed by atoms with Gasteiger partial charge in [0.15, 0.2) is 0 Å².